The van der Waals surface area contributed by atoms with Crippen molar-refractivity contribution in [3.8, 4) is 0 Å². The number of likely N-dealkylation sites (tertiary alicyclic amines) is 1. The number of hydrogen-bond acceptors (Lipinski definition) is 2. The highest BCUT2D eigenvalue weighted by molar-refractivity contribution is 6.30. The molecule has 0 bridgehead atoms. The molecule has 4 heteroatoms. The van der Waals surface area contributed by atoms with E-state index in [1.165, 1.54) is 6.07 Å². The molecule has 1 atom stereocenters. The third kappa shape index (κ3) is 2.94. The molecule has 1 fully saturated rings. The number of piperidine rings is 1. The third-order valence-corrected chi connectivity index (χ3v) is 3.18. The Kier molecular flexibility index (Phi) is 3.79. The Hall–Kier alpha value is -0.640. The summed E-state index contributed by atoms with van der Waals surface area (Å²) in [5.41, 5.74) is 0.899. The molecule has 1 heterocycles. The Morgan fingerprint density at radius 2 is 2.31 bits per heavy atom. The van der Waals surface area contributed by atoms with Crippen molar-refractivity contribution in [1.82, 2.24) is 4.90 Å². The number of halogens is 2. The van der Waals surface area contributed by atoms with E-state index in [0.717, 1.165) is 24.9 Å². The average molecular weight is 244 g/mol. The van der Waals surface area contributed by atoms with Crippen LogP contribution in [0.1, 0.15) is 18.4 Å². The van der Waals surface area contributed by atoms with E-state index < -0.39 is 0 Å². The van der Waals surface area contributed by atoms with Gasteiger partial charge < -0.3 is 5.11 Å². The average Bonchev–Trinajstić information content (AvgIpc) is 2.24. The molecule has 1 aromatic rings. The molecule has 0 aromatic heterocycles. The quantitative estimate of drug-likeness (QED) is 0.863. The first-order valence-corrected chi connectivity index (χ1v) is 5.87. The minimum atomic E-state index is -0.378. The van der Waals surface area contributed by atoms with E-state index in [1.54, 1.807) is 6.07 Å². The second-order valence-electron chi connectivity index (χ2n) is 4.28. The number of aliphatic hydroxyl groups is 1. The summed E-state index contributed by atoms with van der Waals surface area (Å²) in [6.45, 7) is 2.30. The molecule has 1 saturated heterocycles. The summed E-state index contributed by atoms with van der Waals surface area (Å²) in [5.74, 6) is -0.378. The minimum Gasteiger partial charge on any atom is -0.392 e. The Balaban J connectivity index is 2.00. The summed E-state index contributed by atoms with van der Waals surface area (Å²) in [5, 5.41) is 9.67. The molecule has 88 valence electrons. The molecular formula is C12H15ClFNO. The fraction of sp³-hybridized carbons (Fsp3) is 0.500. The van der Waals surface area contributed by atoms with E-state index in [0.29, 0.717) is 13.1 Å². The van der Waals surface area contributed by atoms with Crippen molar-refractivity contribution in [3.05, 3.63) is 34.6 Å². The maximum atomic E-state index is 13.2. The normalized spacial score (nSPS) is 22.3. The molecule has 1 N–H and O–H groups in total. The first-order valence-electron chi connectivity index (χ1n) is 5.49. The molecule has 0 aliphatic carbocycles. The van der Waals surface area contributed by atoms with Gasteiger partial charge in [-0.05, 0) is 37.1 Å². The Morgan fingerprint density at radius 3 is 3.00 bits per heavy atom. The zero-order valence-electron chi connectivity index (χ0n) is 9.00. The van der Waals surface area contributed by atoms with Gasteiger partial charge in [-0.2, -0.15) is 0 Å². The summed E-state index contributed by atoms with van der Waals surface area (Å²) >= 11 is 5.62. The van der Waals surface area contributed by atoms with Crippen LogP contribution in [-0.4, -0.2) is 29.2 Å². The van der Waals surface area contributed by atoms with E-state index in [1.807, 2.05) is 6.07 Å². The van der Waals surface area contributed by atoms with E-state index >= 15 is 0 Å². The van der Waals surface area contributed by atoms with Crippen LogP contribution in [0, 0.1) is 5.82 Å². The molecule has 0 spiro atoms. The predicted molar refractivity (Wildman–Crippen MR) is 61.9 cm³/mol. The van der Waals surface area contributed by atoms with Gasteiger partial charge in [0, 0.05) is 13.1 Å². The van der Waals surface area contributed by atoms with Gasteiger partial charge in [-0.3, -0.25) is 4.90 Å². The SMILES string of the molecule is O[C@H]1CCCN(Cc2ccc(Cl)c(F)c2)C1. The van der Waals surface area contributed by atoms with E-state index in [2.05, 4.69) is 4.90 Å². The van der Waals surface area contributed by atoms with Gasteiger partial charge in [0.05, 0.1) is 11.1 Å². The van der Waals surface area contributed by atoms with Gasteiger partial charge in [-0.1, -0.05) is 17.7 Å². The van der Waals surface area contributed by atoms with E-state index in [9.17, 15) is 9.50 Å². The fourth-order valence-corrected chi connectivity index (χ4v) is 2.19. The standard InChI is InChI=1S/C12H15ClFNO/c13-11-4-3-9(6-12(11)14)7-15-5-1-2-10(16)8-15/h3-4,6,10,16H,1-2,5,7-8H2/t10-/m0/s1. The van der Waals surface area contributed by atoms with Crippen LogP contribution >= 0.6 is 11.6 Å². The van der Waals surface area contributed by atoms with Crippen LogP contribution < -0.4 is 0 Å². The highest BCUT2D eigenvalue weighted by Gasteiger charge is 2.17. The van der Waals surface area contributed by atoms with Gasteiger partial charge in [0.15, 0.2) is 0 Å². The monoisotopic (exact) mass is 243 g/mol. The number of nitrogens with zero attached hydrogens (tertiary/aromatic N) is 1. The number of hydrogen-bond donors (Lipinski definition) is 1. The second kappa shape index (κ2) is 5.13. The molecule has 2 rings (SSSR count). The third-order valence-electron chi connectivity index (χ3n) is 2.87. The first kappa shape index (κ1) is 11.8. The van der Waals surface area contributed by atoms with Crippen LogP contribution in [0.25, 0.3) is 0 Å². The Morgan fingerprint density at radius 1 is 1.50 bits per heavy atom. The summed E-state index contributed by atoms with van der Waals surface area (Å²) < 4.78 is 13.2. The molecule has 16 heavy (non-hydrogen) atoms. The number of rotatable bonds is 2. The smallest absolute Gasteiger partial charge is 0.142 e. The first-order chi connectivity index (χ1) is 7.65. The van der Waals surface area contributed by atoms with Gasteiger partial charge in [0.1, 0.15) is 5.82 Å². The lowest BCUT2D eigenvalue weighted by atomic mass is 10.1. The van der Waals surface area contributed by atoms with Crippen molar-refractivity contribution >= 4 is 11.6 Å². The lowest BCUT2D eigenvalue weighted by Crippen LogP contribution is -2.37. The molecule has 1 aromatic carbocycles. The molecular weight excluding hydrogens is 229 g/mol. The molecule has 0 saturated carbocycles. The zero-order valence-corrected chi connectivity index (χ0v) is 9.75. The van der Waals surface area contributed by atoms with Crippen LogP contribution in [0.3, 0.4) is 0 Å². The highest BCUT2D eigenvalue weighted by Crippen LogP contribution is 2.18. The van der Waals surface area contributed by atoms with E-state index in [4.69, 9.17) is 11.6 Å². The van der Waals surface area contributed by atoms with Gasteiger partial charge in [0.2, 0.25) is 0 Å². The van der Waals surface area contributed by atoms with Crippen LogP contribution in [-0.2, 0) is 6.54 Å². The summed E-state index contributed by atoms with van der Waals surface area (Å²) in [6, 6.07) is 4.86. The van der Waals surface area contributed by atoms with Gasteiger partial charge in [-0.25, -0.2) is 4.39 Å². The maximum Gasteiger partial charge on any atom is 0.142 e. The van der Waals surface area contributed by atoms with Gasteiger partial charge in [-0.15, -0.1) is 0 Å². The number of aliphatic hydroxyl groups excluding tert-OH is 1. The van der Waals surface area contributed by atoms with Crippen LogP contribution in [0.15, 0.2) is 18.2 Å². The topological polar surface area (TPSA) is 23.5 Å². The lowest BCUT2D eigenvalue weighted by Gasteiger charge is -2.29. The summed E-state index contributed by atoms with van der Waals surface area (Å²) in [6.07, 6.45) is 1.62. The molecule has 1 aliphatic heterocycles. The van der Waals surface area contributed by atoms with Crippen molar-refractivity contribution in [1.29, 1.82) is 0 Å². The van der Waals surface area contributed by atoms with Crippen molar-refractivity contribution in [2.24, 2.45) is 0 Å². The maximum absolute atomic E-state index is 13.2. The molecule has 0 unspecified atom stereocenters. The summed E-state index contributed by atoms with van der Waals surface area (Å²) in [4.78, 5) is 2.14. The lowest BCUT2D eigenvalue weighted by molar-refractivity contribution is 0.0668. The van der Waals surface area contributed by atoms with Crippen molar-refractivity contribution in [3.63, 3.8) is 0 Å². The van der Waals surface area contributed by atoms with Crippen LogP contribution in [0.2, 0.25) is 5.02 Å². The second-order valence-corrected chi connectivity index (χ2v) is 4.69. The Labute approximate surface area is 99.6 Å². The molecule has 0 amide bonds. The molecule has 2 nitrogen and oxygen atoms in total. The summed E-state index contributed by atoms with van der Waals surface area (Å²) in [7, 11) is 0. The van der Waals surface area contributed by atoms with Crippen molar-refractivity contribution < 1.29 is 9.50 Å². The zero-order chi connectivity index (χ0) is 11.5. The minimum absolute atomic E-state index is 0.155. The molecule has 0 radical (unpaired) electrons. The van der Waals surface area contributed by atoms with Crippen LogP contribution in [0.4, 0.5) is 4.39 Å². The fourth-order valence-electron chi connectivity index (χ4n) is 2.07. The predicted octanol–water partition coefficient (Wildman–Crippen LogP) is 2.44. The van der Waals surface area contributed by atoms with Crippen LogP contribution in [0.5, 0.6) is 0 Å². The van der Waals surface area contributed by atoms with Gasteiger partial charge in [0.25, 0.3) is 0 Å². The van der Waals surface area contributed by atoms with Crippen molar-refractivity contribution in [2.75, 3.05) is 13.1 Å². The van der Waals surface area contributed by atoms with E-state index in [-0.39, 0.29) is 16.9 Å². The van der Waals surface area contributed by atoms with Gasteiger partial charge >= 0.3 is 0 Å². The number of β-amino-alcohol motifs (C(OH)–C–C–N with tert-alkyl or cyclic N) is 1. The Bertz CT molecular complexity index is 372. The number of benzene rings is 1. The van der Waals surface area contributed by atoms with Crippen molar-refractivity contribution in [2.45, 2.75) is 25.5 Å². The highest BCUT2D eigenvalue weighted by atomic mass is 35.5. The molecule has 1 aliphatic rings. The largest absolute Gasteiger partial charge is 0.392 e.